The Hall–Kier alpha value is -1.46. The molecule has 1 atom stereocenters. The maximum absolute atomic E-state index is 10.9. The monoisotopic (exact) mass is 270 g/mol. The van der Waals surface area contributed by atoms with E-state index in [-0.39, 0.29) is 0 Å². The zero-order valence-electron chi connectivity index (χ0n) is 9.82. The molecule has 1 aliphatic heterocycles. The molecule has 1 aliphatic rings. The summed E-state index contributed by atoms with van der Waals surface area (Å²) in [6.07, 6.45) is 0.992. The summed E-state index contributed by atoms with van der Waals surface area (Å²) in [5, 5.41) is 3.00. The summed E-state index contributed by atoms with van der Waals surface area (Å²) in [5.74, 6) is 0.951. The summed E-state index contributed by atoms with van der Waals surface area (Å²) < 4.78 is 10.9. The van der Waals surface area contributed by atoms with E-state index < -0.39 is 6.03 Å². The Morgan fingerprint density at radius 1 is 1.61 bits per heavy atom. The van der Waals surface area contributed by atoms with Crippen LogP contribution in [0.25, 0.3) is 0 Å². The van der Waals surface area contributed by atoms with Gasteiger partial charge in [-0.2, -0.15) is 0 Å². The van der Waals surface area contributed by atoms with Crippen LogP contribution in [0.4, 0.5) is 10.5 Å². The minimum absolute atomic E-state index is 0.391. The summed E-state index contributed by atoms with van der Waals surface area (Å²) in [4.78, 5) is 10.9. The summed E-state index contributed by atoms with van der Waals surface area (Å²) in [5.41, 5.74) is 5.57. The third-order valence-corrected chi connectivity index (χ3v) is 2.93. The number of anilines is 1. The number of nitrogens with two attached hydrogens (primary N) is 1. The van der Waals surface area contributed by atoms with Crippen LogP contribution in [0.3, 0.4) is 0 Å². The van der Waals surface area contributed by atoms with E-state index in [1.165, 1.54) is 0 Å². The molecule has 1 unspecified atom stereocenters. The van der Waals surface area contributed by atoms with Crippen LogP contribution >= 0.6 is 11.6 Å². The number of halogens is 1. The van der Waals surface area contributed by atoms with Crippen LogP contribution in [-0.4, -0.2) is 25.9 Å². The highest BCUT2D eigenvalue weighted by Gasteiger charge is 2.17. The molecular formula is C12H15ClN2O3. The Kier molecular flexibility index (Phi) is 4.28. The van der Waals surface area contributed by atoms with Gasteiger partial charge in [-0.25, -0.2) is 4.79 Å². The van der Waals surface area contributed by atoms with E-state index in [4.69, 9.17) is 26.8 Å². The van der Waals surface area contributed by atoms with Crippen molar-refractivity contribution in [3.8, 4) is 5.75 Å². The summed E-state index contributed by atoms with van der Waals surface area (Å²) >= 11 is 5.86. The summed E-state index contributed by atoms with van der Waals surface area (Å²) in [6, 6.07) is 4.37. The fourth-order valence-corrected chi connectivity index (χ4v) is 1.95. The second-order valence-corrected chi connectivity index (χ2v) is 4.61. The molecule has 3 N–H and O–H groups in total. The lowest BCUT2D eigenvalue weighted by atomic mass is 10.1. The highest BCUT2D eigenvalue weighted by atomic mass is 35.5. The second-order valence-electron chi connectivity index (χ2n) is 4.17. The first kappa shape index (κ1) is 13.0. The molecule has 1 aromatic carbocycles. The maximum Gasteiger partial charge on any atom is 0.316 e. The minimum Gasteiger partial charge on any atom is -0.491 e. The molecule has 6 heteroatoms. The van der Waals surface area contributed by atoms with Gasteiger partial charge in [0.15, 0.2) is 0 Å². The molecule has 1 fully saturated rings. The predicted octanol–water partition coefficient (Wildman–Crippen LogP) is 2.25. The van der Waals surface area contributed by atoms with Gasteiger partial charge in [-0.15, -0.1) is 0 Å². The predicted molar refractivity (Wildman–Crippen MR) is 69.1 cm³/mol. The number of amides is 2. The Morgan fingerprint density at radius 3 is 3.11 bits per heavy atom. The maximum atomic E-state index is 10.9. The second kappa shape index (κ2) is 5.93. The number of carbonyl (C=O) groups is 1. The van der Waals surface area contributed by atoms with Crippen molar-refractivity contribution in [3.63, 3.8) is 0 Å². The lowest BCUT2D eigenvalue weighted by Gasteiger charge is -2.14. The van der Waals surface area contributed by atoms with Crippen molar-refractivity contribution < 1.29 is 14.3 Å². The first-order chi connectivity index (χ1) is 8.65. The minimum atomic E-state index is -0.647. The average molecular weight is 271 g/mol. The lowest BCUT2D eigenvalue weighted by molar-refractivity contribution is 0.167. The largest absolute Gasteiger partial charge is 0.491 e. The molecule has 5 nitrogen and oxygen atoms in total. The van der Waals surface area contributed by atoms with Crippen molar-refractivity contribution in [1.29, 1.82) is 0 Å². The molecule has 2 rings (SSSR count). The van der Waals surface area contributed by atoms with Gasteiger partial charge in [-0.05, 0) is 24.6 Å². The van der Waals surface area contributed by atoms with E-state index in [2.05, 4.69) is 5.32 Å². The van der Waals surface area contributed by atoms with E-state index in [1.807, 2.05) is 0 Å². The number of ether oxygens (including phenoxy) is 2. The van der Waals surface area contributed by atoms with Crippen molar-refractivity contribution in [2.45, 2.75) is 6.42 Å². The van der Waals surface area contributed by atoms with E-state index in [0.29, 0.717) is 35.6 Å². The third kappa shape index (κ3) is 3.51. The van der Waals surface area contributed by atoms with Gasteiger partial charge in [-0.1, -0.05) is 11.6 Å². The van der Waals surface area contributed by atoms with Crippen molar-refractivity contribution in [3.05, 3.63) is 23.2 Å². The molecule has 2 amide bonds. The Labute approximate surface area is 110 Å². The van der Waals surface area contributed by atoms with Gasteiger partial charge in [0.25, 0.3) is 0 Å². The normalized spacial score (nSPS) is 18.6. The molecule has 1 aromatic rings. The van der Waals surface area contributed by atoms with Gasteiger partial charge < -0.3 is 20.5 Å². The summed E-state index contributed by atoms with van der Waals surface area (Å²) in [6.45, 7) is 2.04. The van der Waals surface area contributed by atoms with Gasteiger partial charge >= 0.3 is 6.03 Å². The standard InChI is InChI=1S/C12H15ClN2O3/c13-9-1-2-11(10(5-9)15-12(14)16)18-7-8-3-4-17-6-8/h1-2,5,8H,3-4,6-7H2,(H3,14,15,16). The topological polar surface area (TPSA) is 73.6 Å². The van der Waals surface area contributed by atoms with Crippen LogP contribution in [-0.2, 0) is 4.74 Å². The van der Waals surface area contributed by atoms with Gasteiger partial charge in [-0.3, -0.25) is 0 Å². The molecule has 0 saturated carbocycles. The Bertz CT molecular complexity index is 433. The van der Waals surface area contributed by atoms with Crippen LogP contribution < -0.4 is 15.8 Å². The van der Waals surface area contributed by atoms with E-state index in [1.54, 1.807) is 18.2 Å². The molecule has 1 heterocycles. The number of rotatable bonds is 4. The quantitative estimate of drug-likeness (QED) is 0.881. The van der Waals surface area contributed by atoms with E-state index in [0.717, 1.165) is 13.0 Å². The number of primary amides is 1. The molecule has 0 radical (unpaired) electrons. The lowest BCUT2D eigenvalue weighted by Crippen LogP contribution is -2.20. The first-order valence-corrected chi connectivity index (χ1v) is 6.09. The number of hydrogen-bond donors (Lipinski definition) is 2. The number of nitrogens with one attached hydrogen (secondary N) is 1. The van der Waals surface area contributed by atoms with Gasteiger partial charge in [0.05, 0.1) is 18.9 Å². The van der Waals surface area contributed by atoms with Gasteiger partial charge in [0, 0.05) is 17.5 Å². The fourth-order valence-electron chi connectivity index (χ4n) is 1.78. The number of urea groups is 1. The average Bonchev–Trinajstić information content (AvgIpc) is 2.80. The number of benzene rings is 1. The smallest absolute Gasteiger partial charge is 0.316 e. The van der Waals surface area contributed by atoms with E-state index >= 15 is 0 Å². The molecule has 0 aromatic heterocycles. The highest BCUT2D eigenvalue weighted by Crippen LogP contribution is 2.28. The molecule has 0 bridgehead atoms. The van der Waals surface area contributed by atoms with Crippen molar-refractivity contribution in [2.24, 2.45) is 11.7 Å². The Balaban J connectivity index is 2.03. The fraction of sp³-hybridized carbons (Fsp3) is 0.417. The van der Waals surface area contributed by atoms with Crippen LogP contribution in [0.1, 0.15) is 6.42 Å². The van der Waals surface area contributed by atoms with E-state index in [9.17, 15) is 4.79 Å². The third-order valence-electron chi connectivity index (χ3n) is 2.70. The molecule has 0 aliphatic carbocycles. The van der Waals surface area contributed by atoms with Crippen molar-refractivity contribution in [2.75, 3.05) is 25.1 Å². The first-order valence-electron chi connectivity index (χ1n) is 5.71. The van der Waals surface area contributed by atoms with Crippen LogP contribution in [0.2, 0.25) is 5.02 Å². The molecule has 98 valence electrons. The zero-order chi connectivity index (χ0) is 13.0. The van der Waals surface area contributed by atoms with Crippen molar-refractivity contribution >= 4 is 23.3 Å². The summed E-state index contributed by atoms with van der Waals surface area (Å²) in [7, 11) is 0. The van der Waals surface area contributed by atoms with Crippen molar-refractivity contribution in [1.82, 2.24) is 0 Å². The van der Waals surface area contributed by atoms with Gasteiger partial charge in [0.1, 0.15) is 5.75 Å². The van der Waals surface area contributed by atoms with Gasteiger partial charge in [0.2, 0.25) is 0 Å². The Morgan fingerprint density at radius 2 is 2.44 bits per heavy atom. The molecule has 1 saturated heterocycles. The molecular weight excluding hydrogens is 256 g/mol. The number of hydrogen-bond acceptors (Lipinski definition) is 3. The SMILES string of the molecule is NC(=O)Nc1cc(Cl)ccc1OCC1CCOC1. The highest BCUT2D eigenvalue weighted by molar-refractivity contribution is 6.31. The van der Waals surface area contributed by atoms with Crippen LogP contribution in [0.5, 0.6) is 5.75 Å². The number of carbonyl (C=O) groups excluding carboxylic acids is 1. The zero-order valence-corrected chi connectivity index (χ0v) is 10.6. The van der Waals surface area contributed by atoms with Crippen LogP contribution in [0, 0.1) is 5.92 Å². The molecule has 18 heavy (non-hydrogen) atoms. The van der Waals surface area contributed by atoms with Crippen LogP contribution in [0.15, 0.2) is 18.2 Å². The molecule has 0 spiro atoms.